The Morgan fingerprint density at radius 1 is 1.07 bits per heavy atom. The molecule has 0 aliphatic carbocycles. The normalized spacial score (nSPS) is 16.0. The van der Waals surface area contributed by atoms with E-state index in [-0.39, 0.29) is 37.2 Å². The number of carboxylic acid groups (broad SMARTS) is 1. The molecule has 1 heterocycles. The molecule has 3 aromatic rings. The summed E-state index contributed by atoms with van der Waals surface area (Å²) in [5, 5.41) is 18.6. The van der Waals surface area contributed by atoms with Gasteiger partial charge in [-0.2, -0.15) is 0 Å². The lowest BCUT2D eigenvalue weighted by Gasteiger charge is -2.38. The van der Waals surface area contributed by atoms with Crippen molar-refractivity contribution >= 4 is 23.7 Å². The first-order valence-corrected chi connectivity index (χ1v) is 16.5. The Bertz CT molecular complexity index is 1420. The van der Waals surface area contributed by atoms with Crippen molar-refractivity contribution in [1.82, 2.24) is 20.9 Å². The second-order valence-electron chi connectivity index (χ2n) is 11.7. The molecule has 3 aromatic carbocycles. The van der Waals surface area contributed by atoms with Crippen molar-refractivity contribution in [2.45, 2.75) is 51.2 Å². The van der Waals surface area contributed by atoms with Crippen LogP contribution in [0.25, 0.3) is 11.1 Å². The number of aryl methyl sites for hydroxylation is 2. The molecule has 46 heavy (non-hydrogen) atoms. The van der Waals surface area contributed by atoms with E-state index >= 15 is 0 Å². The number of carbonyl (C=O) groups is 2. The van der Waals surface area contributed by atoms with Crippen LogP contribution in [-0.4, -0.2) is 75.1 Å². The van der Waals surface area contributed by atoms with Crippen molar-refractivity contribution in [3.8, 4) is 16.9 Å². The van der Waals surface area contributed by atoms with Crippen molar-refractivity contribution in [1.29, 1.82) is 0 Å². The molecule has 3 amide bonds. The first kappa shape index (κ1) is 35.1. The summed E-state index contributed by atoms with van der Waals surface area (Å²) in [5.74, 6) is 0.828. The zero-order chi connectivity index (χ0) is 32.9. The van der Waals surface area contributed by atoms with E-state index in [4.69, 9.17) is 26.2 Å². The SMILES string of the molecule is CCc1cccc(-c2c(Cl)cccc2C(OCCNC(=O)O)C2CCCN(C(=O)NCC(CCc3ccc(OC)cc3)NC)C2)c1. The Morgan fingerprint density at radius 3 is 2.57 bits per heavy atom. The average Bonchev–Trinajstić information content (AvgIpc) is 3.08. The number of ether oxygens (including phenoxy) is 2. The van der Waals surface area contributed by atoms with E-state index in [0.717, 1.165) is 54.5 Å². The number of rotatable bonds is 15. The third-order valence-corrected chi connectivity index (χ3v) is 8.99. The molecule has 248 valence electrons. The standard InChI is InChI=1S/C36H47ClN4O5/c1-4-25-8-5-9-27(22-25)33-31(11-6-12-32(33)37)34(46-21-19-39-36(43)44)28-10-7-20-41(24-28)35(42)40-23-29(38-2)16-13-26-14-17-30(45-3)18-15-26/h5-6,8-9,11-12,14-15,17-18,22,28-29,34,38-39H,4,7,10,13,16,19-21,23-24H2,1-3H3,(H,40,42)(H,43,44). The van der Waals surface area contributed by atoms with Gasteiger partial charge in [0, 0.05) is 48.7 Å². The summed E-state index contributed by atoms with van der Waals surface area (Å²) < 4.78 is 11.7. The number of carbonyl (C=O) groups excluding carboxylic acids is 1. The average molecular weight is 651 g/mol. The molecular formula is C36H47ClN4O5. The third kappa shape index (κ3) is 9.85. The molecule has 0 spiro atoms. The largest absolute Gasteiger partial charge is 0.497 e. The van der Waals surface area contributed by atoms with Crippen LogP contribution in [0.1, 0.15) is 49.0 Å². The molecule has 9 nitrogen and oxygen atoms in total. The van der Waals surface area contributed by atoms with E-state index in [9.17, 15) is 9.59 Å². The predicted octanol–water partition coefficient (Wildman–Crippen LogP) is 6.55. The van der Waals surface area contributed by atoms with E-state index in [1.165, 1.54) is 11.1 Å². The van der Waals surface area contributed by atoms with E-state index in [0.29, 0.717) is 24.7 Å². The molecular weight excluding hydrogens is 604 g/mol. The summed E-state index contributed by atoms with van der Waals surface area (Å²) in [7, 11) is 3.58. The van der Waals surface area contributed by atoms with Crippen LogP contribution in [0, 0.1) is 5.92 Å². The quantitative estimate of drug-likeness (QED) is 0.139. The lowest BCUT2D eigenvalue weighted by Crippen LogP contribution is -2.49. The summed E-state index contributed by atoms with van der Waals surface area (Å²) in [6.07, 6.45) is 2.88. The number of amides is 3. The van der Waals surface area contributed by atoms with Gasteiger partial charge in [0.2, 0.25) is 0 Å². The highest BCUT2D eigenvalue weighted by atomic mass is 35.5. The number of nitrogens with one attached hydrogen (secondary N) is 3. The minimum absolute atomic E-state index is 0.00827. The highest BCUT2D eigenvalue weighted by Gasteiger charge is 2.33. The molecule has 10 heteroatoms. The highest BCUT2D eigenvalue weighted by molar-refractivity contribution is 6.33. The van der Waals surface area contributed by atoms with Gasteiger partial charge < -0.3 is 35.4 Å². The smallest absolute Gasteiger partial charge is 0.404 e. The van der Waals surface area contributed by atoms with Crippen molar-refractivity contribution < 1.29 is 24.2 Å². The van der Waals surface area contributed by atoms with Gasteiger partial charge in [-0.3, -0.25) is 0 Å². The highest BCUT2D eigenvalue weighted by Crippen LogP contribution is 2.41. The van der Waals surface area contributed by atoms with Crippen LogP contribution in [0.15, 0.2) is 66.7 Å². The van der Waals surface area contributed by atoms with Crippen LogP contribution in [-0.2, 0) is 17.6 Å². The molecule has 1 saturated heterocycles. The molecule has 0 saturated carbocycles. The van der Waals surface area contributed by atoms with E-state index in [1.807, 2.05) is 48.3 Å². The van der Waals surface area contributed by atoms with Crippen LogP contribution in [0.5, 0.6) is 5.75 Å². The zero-order valence-electron chi connectivity index (χ0n) is 27.1. The van der Waals surface area contributed by atoms with Crippen molar-refractivity contribution in [3.05, 3.63) is 88.4 Å². The number of benzene rings is 3. The summed E-state index contributed by atoms with van der Waals surface area (Å²) in [6, 6.07) is 22.3. The third-order valence-electron chi connectivity index (χ3n) is 8.67. The molecule has 0 bridgehead atoms. The van der Waals surface area contributed by atoms with E-state index in [2.05, 4.69) is 53.2 Å². The fraction of sp³-hybridized carbons (Fsp3) is 0.444. The monoisotopic (exact) mass is 650 g/mol. The number of methoxy groups -OCH3 is 1. The van der Waals surface area contributed by atoms with Gasteiger partial charge in [0.05, 0.1) is 19.8 Å². The number of nitrogens with zero attached hydrogens (tertiary/aromatic N) is 1. The minimum atomic E-state index is -1.09. The molecule has 3 atom stereocenters. The first-order valence-electron chi connectivity index (χ1n) is 16.1. The molecule has 0 radical (unpaired) electrons. The minimum Gasteiger partial charge on any atom is -0.497 e. The number of likely N-dealkylation sites (tertiary alicyclic amines) is 1. The lowest BCUT2D eigenvalue weighted by molar-refractivity contribution is -0.00802. The van der Waals surface area contributed by atoms with Crippen LogP contribution in [0.2, 0.25) is 5.02 Å². The molecule has 3 unspecified atom stereocenters. The number of urea groups is 1. The van der Waals surface area contributed by atoms with Crippen LogP contribution in [0.3, 0.4) is 0 Å². The van der Waals surface area contributed by atoms with Gasteiger partial charge in [-0.15, -0.1) is 0 Å². The molecule has 4 rings (SSSR count). The van der Waals surface area contributed by atoms with E-state index < -0.39 is 6.09 Å². The Labute approximate surface area is 277 Å². The van der Waals surface area contributed by atoms with Crippen LogP contribution < -0.4 is 20.7 Å². The van der Waals surface area contributed by atoms with Gasteiger partial charge in [-0.05, 0) is 79.6 Å². The van der Waals surface area contributed by atoms with Gasteiger partial charge in [-0.25, -0.2) is 9.59 Å². The first-order chi connectivity index (χ1) is 22.3. The summed E-state index contributed by atoms with van der Waals surface area (Å²) in [5.41, 5.74) is 5.28. The number of hydrogen-bond donors (Lipinski definition) is 4. The Balaban J connectivity index is 1.47. The van der Waals surface area contributed by atoms with Gasteiger partial charge in [0.25, 0.3) is 0 Å². The summed E-state index contributed by atoms with van der Waals surface area (Å²) in [4.78, 5) is 26.4. The van der Waals surface area contributed by atoms with E-state index in [1.54, 1.807) is 7.11 Å². The van der Waals surface area contributed by atoms with Gasteiger partial charge in [0.1, 0.15) is 5.75 Å². The zero-order valence-corrected chi connectivity index (χ0v) is 27.8. The van der Waals surface area contributed by atoms with Gasteiger partial charge in [-0.1, -0.05) is 67.1 Å². The molecule has 1 aliphatic heterocycles. The Hall–Kier alpha value is -3.79. The maximum atomic E-state index is 13.5. The molecule has 1 fully saturated rings. The van der Waals surface area contributed by atoms with Crippen molar-refractivity contribution in [3.63, 3.8) is 0 Å². The topological polar surface area (TPSA) is 112 Å². The van der Waals surface area contributed by atoms with Gasteiger partial charge >= 0.3 is 12.1 Å². The lowest BCUT2D eigenvalue weighted by atomic mass is 9.84. The summed E-state index contributed by atoms with van der Waals surface area (Å²) in [6.45, 7) is 4.16. The predicted molar refractivity (Wildman–Crippen MR) is 183 cm³/mol. The summed E-state index contributed by atoms with van der Waals surface area (Å²) >= 11 is 6.86. The number of hydrogen-bond acceptors (Lipinski definition) is 5. The Morgan fingerprint density at radius 2 is 1.85 bits per heavy atom. The fourth-order valence-corrected chi connectivity index (χ4v) is 6.39. The number of likely N-dealkylation sites (N-methyl/N-ethyl adjacent to an activating group) is 1. The second-order valence-corrected chi connectivity index (χ2v) is 12.1. The Kier molecular flexibility index (Phi) is 13.6. The van der Waals surface area contributed by atoms with Crippen molar-refractivity contribution in [2.75, 3.05) is 46.9 Å². The number of piperidine rings is 1. The molecule has 1 aliphatic rings. The van der Waals surface area contributed by atoms with Crippen molar-refractivity contribution in [2.24, 2.45) is 5.92 Å². The maximum absolute atomic E-state index is 13.5. The van der Waals surface area contributed by atoms with Gasteiger partial charge in [0.15, 0.2) is 0 Å². The van der Waals surface area contributed by atoms with Crippen LogP contribution >= 0.6 is 11.6 Å². The fourth-order valence-electron chi connectivity index (χ4n) is 6.10. The molecule has 0 aromatic heterocycles. The maximum Gasteiger partial charge on any atom is 0.404 e. The number of halogens is 1. The van der Waals surface area contributed by atoms with Crippen LogP contribution in [0.4, 0.5) is 9.59 Å². The second kappa shape index (κ2) is 17.8. The molecule has 4 N–H and O–H groups in total.